The number of rotatable bonds is 13. The Morgan fingerprint density at radius 1 is 0.550 bits per heavy atom. The number of carbonyl (C=O) groups excluding carboxylic acids is 2. The van der Waals surface area contributed by atoms with E-state index in [-0.39, 0.29) is 24.7 Å². The van der Waals surface area contributed by atoms with Gasteiger partial charge in [-0.3, -0.25) is 9.59 Å². The Morgan fingerprint density at radius 2 is 0.925 bits per heavy atom. The molecule has 0 bridgehead atoms. The first-order valence-corrected chi connectivity index (χ1v) is 12.8. The van der Waals surface area contributed by atoms with E-state index in [1.807, 2.05) is 109 Å². The summed E-state index contributed by atoms with van der Waals surface area (Å²) in [6, 6.07) is 34.5. The van der Waals surface area contributed by atoms with Crippen molar-refractivity contribution in [2.24, 2.45) is 10.2 Å². The van der Waals surface area contributed by atoms with Crippen LogP contribution in [0, 0.1) is 0 Å². The van der Waals surface area contributed by atoms with Crippen molar-refractivity contribution >= 4 is 24.2 Å². The Morgan fingerprint density at radius 3 is 1.30 bits per heavy atom. The first-order chi connectivity index (χ1) is 19.6. The zero-order valence-electron chi connectivity index (χ0n) is 21.9. The highest BCUT2D eigenvalue weighted by atomic mass is 16.5. The molecule has 4 aromatic carbocycles. The molecule has 0 aliphatic heterocycles. The van der Waals surface area contributed by atoms with Gasteiger partial charge in [-0.2, -0.15) is 10.2 Å². The second kappa shape index (κ2) is 15.2. The van der Waals surface area contributed by atoms with Crippen LogP contribution in [0.25, 0.3) is 0 Å². The summed E-state index contributed by atoms with van der Waals surface area (Å²) in [4.78, 5) is 24.0. The Kier molecular flexibility index (Phi) is 10.6. The molecular formula is C32H30N4O4. The van der Waals surface area contributed by atoms with Crippen LogP contribution in [0.4, 0.5) is 0 Å². The van der Waals surface area contributed by atoms with Gasteiger partial charge in [0.05, 0.1) is 12.4 Å². The summed E-state index contributed by atoms with van der Waals surface area (Å²) in [6.07, 6.45) is 3.03. The van der Waals surface area contributed by atoms with E-state index in [9.17, 15) is 9.59 Å². The fourth-order valence-corrected chi connectivity index (χ4v) is 3.48. The van der Waals surface area contributed by atoms with Crippen molar-refractivity contribution in [3.63, 3.8) is 0 Å². The fraction of sp³-hybridized carbons (Fsp3) is 0.125. The maximum absolute atomic E-state index is 12.0. The van der Waals surface area contributed by atoms with Crippen molar-refractivity contribution in [2.75, 3.05) is 0 Å². The lowest BCUT2D eigenvalue weighted by atomic mass is 10.2. The molecule has 0 saturated carbocycles. The summed E-state index contributed by atoms with van der Waals surface area (Å²) in [6.45, 7) is 0.975. The maximum Gasteiger partial charge on any atom is 0.240 e. The Balaban J connectivity index is 1.10. The molecule has 202 valence electrons. The first-order valence-electron chi connectivity index (χ1n) is 12.8. The number of hydrogen-bond donors (Lipinski definition) is 2. The van der Waals surface area contributed by atoms with E-state index in [1.165, 1.54) is 12.4 Å². The average Bonchev–Trinajstić information content (AvgIpc) is 3.00. The second-order valence-corrected chi connectivity index (χ2v) is 8.77. The highest BCUT2D eigenvalue weighted by Gasteiger charge is 2.05. The third kappa shape index (κ3) is 9.90. The molecule has 8 heteroatoms. The number of hydrogen-bond acceptors (Lipinski definition) is 6. The predicted octanol–water partition coefficient (Wildman–Crippen LogP) is 5.23. The van der Waals surface area contributed by atoms with E-state index < -0.39 is 0 Å². The van der Waals surface area contributed by atoms with Crippen molar-refractivity contribution in [3.05, 3.63) is 131 Å². The first kappa shape index (κ1) is 27.8. The minimum atomic E-state index is -0.371. The number of nitrogens with one attached hydrogen (secondary N) is 2. The number of hydrazone groups is 2. The van der Waals surface area contributed by atoms with Crippen LogP contribution in [0.3, 0.4) is 0 Å². The molecule has 0 aliphatic carbocycles. The molecular weight excluding hydrogens is 504 g/mol. The summed E-state index contributed by atoms with van der Waals surface area (Å²) in [5, 5.41) is 7.89. The number of benzene rings is 4. The normalized spacial score (nSPS) is 10.9. The summed E-state index contributed by atoms with van der Waals surface area (Å²) in [5.74, 6) is 0.737. The van der Waals surface area contributed by atoms with E-state index in [1.54, 1.807) is 0 Å². The molecule has 4 aromatic rings. The van der Waals surface area contributed by atoms with Crippen LogP contribution in [0.2, 0.25) is 0 Å². The lowest BCUT2D eigenvalue weighted by molar-refractivity contribution is -0.126. The molecule has 0 saturated heterocycles. The van der Waals surface area contributed by atoms with E-state index >= 15 is 0 Å². The topological polar surface area (TPSA) is 101 Å². The van der Waals surface area contributed by atoms with Crippen LogP contribution in [-0.2, 0) is 22.8 Å². The Bertz CT molecular complexity index is 1290. The van der Waals surface area contributed by atoms with Crippen LogP contribution in [0.15, 0.2) is 119 Å². The van der Waals surface area contributed by atoms with Gasteiger partial charge < -0.3 is 9.47 Å². The molecule has 0 fully saturated rings. The highest BCUT2D eigenvalue weighted by Crippen LogP contribution is 2.14. The van der Waals surface area contributed by atoms with E-state index in [2.05, 4.69) is 21.1 Å². The molecule has 0 spiro atoms. The van der Waals surface area contributed by atoms with Gasteiger partial charge >= 0.3 is 0 Å². The molecule has 4 rings (SSSR count). The molecule has 8 nitrogen and oxygen atoms in total. The van der Waals surface area contributed by atoms with Crippen LogP contribution in [0.5, 0.6) is 11.5 Å². The zero-order chi connectivity index (χ0) is 27.8. The smallest absolute Gasteiger partial charge is 0.240 e. The van der Waals surface area contributed by atoms with Gasteiger partial charge in [-0.1, -0.05) is 60.7 Å². The van der Waals surface area contributed by atoms with Gasteiger partial charge in [-0.05, 0) is 70.8 Å². The minimum absolute atomic E-state index is 0.0155. The monoisotopic (exact) mass is 534 g/mol. The largest absolute Gasteiger partial charge is 0.489 e. The van der Waals surface area contributed by atoms with Crippen molar-refractivity contribution in [3.8, 4) is 11.5 Å². The summed E-state index contributed by atoms with van der Waals surface area (Å²) in [5.41, 5.74) is 8.63. The van der Waals surface area contributed by atoms with Crippen LogP contribution < -0.4 is 20.3 Å². The number of carbonyl (C=O) groups is 2. The fourth-order valence-electron chi connectivity index (χ4n) is 3.48. The molecule has 0 heterocycles. The maximum atomic E-state index is 12.0. The lowest BCUT2D eigenvalue weighted by Crippen LogP contribution is -2.22. The number of nitrogens with zero attached hydrogens (tertiary/aromatic N) is 2. The summed E-state index contributed by atoms with van der Waals surface area (Å²) < 4.78 is 11.5. The lowest BCUT2D eigenvalue weighted by Gasteiger charge is -2.06. The van der Waals surface area contributed by atoms with Gasteiger partial charge in [0.2, 0.25) is 11.8 Å². The SMILES string of the molecule is O=C(CCC(=O)N/N=C/c1ccc(OCc2ccccc2)cc1)N/N=C\c1ccc(OCc2ccccc2)cc1. The molecule has 0 atom stereocenters. The summed E-state index contributed by atoms with van der Waals surface area (Å²) in [7, 11) is 0. The quantitative estimate of drug-likeness (QED) is 0.181. The molecule has 40 heavy (non-hydrogen) atoms. The minimum Gasteiger partial charge on any atom is -0.489 e. The van der Waals surface area contributed by atoms with Crippen LogP contribution in [0.1, 0.15) is 35.1 Å². The second-order valence-electron chi connectivity index (χ2n) is 8.77. The van der Waals surface area contributed by atoms with E-state index in [0.717, 1.165) is 33.8 Å². The molecule has 0 aromatic heterocycles. The Labute approximate surface area is 233 Å². The van der Waals surface area contributed by atoms with Gasteiger partial charge in [-0.15, -0.1) is 0 Å². The van der Waals surface area contributed by atoms with Crippen LogP contribution in [-0.4, -0.2) is 24.2 Å². The predicted molar refractivity (Wildman–Crippen MR) is 155 cm³/mol. The van der Waals surface area contributed by atoms with Crippen molar-refractivity contribution in [1.82, 2.24) is 10.9 Å². The molecule has 0 radical (unpaired) electrons. The van der Waals surface area contributed by atoms with Gasteiger partial charge in [-0.25, -0.2) is 10.9 Å². The Hall–Kier alpha value is -5.24. The number of amides is 2. The van der Waals surface area contributed by atoms with Gasteiger partial charge in [0.1, 0.15) is 24.7 Å². The van der Waals surface area contributed by atoms with Crippen molar-refractivity contribution in [1.29, 1.82) is 0 Å². The van der Waals surface area contributed by atoms with Gasteiger partial charge in [0.15, 0.2) is 0 Å². The molecule has 0 aliphatic rings. The molecule has 2 amide bonds. The highest BCUT2D eigenvalue weighted by molar-refractivity contribution is 5.86. The van der Waals surface area contributed by atoms with E-state index in [4.69, 9.17) is 9.47 Å². The summed E-state index contributed by atoms with van der Waals surface area (Å²) >= 11 is 0. The molecule has 2 N–H and O–H groups in total. The van der Waals surface area contributed by atoms with E-state index in [0.29, 0.717) is 13.2 Å². The van der Waals surface area contributed by atoms with Gasteiger partial charge in [0, 0.05) is 12.8 Å². The third-order valence-corrected chi connectivity index (χ3v) is 5.64. The standard InChI is InChI=1S/C32H30N4O4/c37-31(35-33-21-25-11-15-29(16-12-25)39-23-27-7-3-1-4-8-27)19-20-32(38)36-34-22-26-13-17-30(18-14-26)40-24-28-9-5-2-6-10-28/h1-18,21-22H,19-20,23-24H2,(H,35,37)(H,36,38)/b33-21-,34-22+. The third-order valence-electron chi connectivity index (χ3n) is 5.64. The van der Waals surface area contributed by atoms with Gasteiger partial charge in [0.25, 0.3) is 0 Å². The number of ether oxygens (including phenoxy) is 2. The average molecular weight is 535 g/mol. The molecule has 0 unspecified atom stereocenters. The van der Waals surface area contributed by atoms with Crippen molar-refractivity contribution < 1.29 is 19.1 Å². The van der Waals surface area contributed by atoms with Crippen molar-refractivity contribution in [2.45, 2.75) is 26.1 Å². The van der Waals surface area contributed by atoms with Crippen LogP contribution >= 0.6 is 0 Å². The zero-order valence-corrected chi connectivity index (χ0v) is 21.9.